The van der Waals surface area contributed by atoms with Crippen molar-refractivity contribution in [3.63, 3.8) is 0 Å². The van der Waals surface area contributed by atoms with E-state index in [0.717, 1.165) is 52.1 Å². The summed E-state index contributed by atoms with van der Waals surface area (Å²) in [4.78, 5) is 18.5. The smallest absolute Gasteiger partial charge is 0.236 e. The number of aliphatic hydroxyl groups is 1. The number of halogens is 1. The maximum Gasteiger partial charge on any atom is 0.236 e. The third-order valence-electron chi connectivity index (χ3n) is 5.02. The zero-order valence-electron chi connectivity index (χ0n) is 15.1. The van der Waals surface area contributed by atoms with E-state index in [1.165, 1.54) is 6.07 Å². The highest BCUT2D eigenvalue weighted by Gasteiger charge is 2.24. The van der Waals surface area contributed by atoms with Crippen molar-refractivity contribution < 1.29 is 19.0 Å². The number of likely N-dealkylation sites (tertiary alicyclic amines) is 1. The normalized spacial score (nSPS) is 20.3. The van der Waals surface area contributed by atoms with Gasteiger partial charge >= 0.3 is 0 Å². The van der Waals surface area contributed by atoms with Gasteiger partial charge in [-0.05, 0) is 25.0 Å². The first-order chi connectivity index (χ1) is 12.6. The summed E-state index contributed by atoms with van der Waals surface area (Å²) in [5, 5.41) is 10.1. The Kier molecular flexibility index (Phi) is 6.82. The highest BCUT2D eigenvalue weighted by molar-refractivity contribution is 5.78. The number of hydrogen-bond acceptors (Lipinski definition) is 5. The van der Waals surface area contributed by atoms with E-state index in [1.54, 1.807) is 18.2 Å². The average molecular weight is 365 g/mol. The lowest BCUT2D eigenvalue weighted by molar-refractivity contribution is -0.131. The fraction of sp³-hybridized carbons (Fsp3) is 0.632. The molecule has 0 spiro atoms. The Morgan fingerprint density at radius 3 is 2.42 bits per heavy atom. The van der Waals surface area contributed by atoms with Crippen LogP contribution in [0, 0.1) is 5.82 Å². The third-order valence-corrected chi connectivity index (χ3v) is 5.02. The highest BCUT2D eigenvalue weighted by atomic mass is 19.1. The van der Waals surface area contributed by atoms with E-state index < -0.39 is 11.9 Å². The van der Waals surface area contributed by atoms with Crippen LogP contribution in [0.1, 0.15) is 12.8 Å². The van der Waals surface area contributed by atoms with E-state index in [0.29, 0.717) is 13.1 Å². The van der Waals surface area contributed by atoms with Crippen molar-refractivity contribution in [1.82, 2.24) is 14.7 Å². The molecule has 1 aromatic carbocycles. The lowest BCUT2D eigenvalue weighted by atomic mass is 10.2. The second kappa shape index (κ2) is 9.30. The Labute approximate surface area is 154 Å². The molecule has 1 atom stereocenters. The van der Waals surface area contributed by atoms with Crippen LogP contribution in [-0.2, 0) is 4.79 Å². The Balaban J connectivity index is 1.34. The molecule has 1 amide bonds. The van der Waals surface area contributed by atoms with Gasteiger partial charge in [0.25, 0.3) is 0 Å². The lowest BCUT2D eigenvalue weighted by Gasteiger charge is -2.35. The summed E-state index contributed by atoms with van der Waals surface area (Å²) in [7, 11) is 0. The van der Waals surface area contributed by atoms with Crippen LogP contribution in [0.3, 0.4) is 0 Å². The minimum atomic E-state index is -0.674. The molecular weight excluding hydrogens is 337 g/mol. The number of β-amino-alcohol motifs (C(OH)–C–C–N with tert-alkyl or cyclic N) is 1. The van der Waals surface area contributed by atoms with Crippen molar-refractivity contribution in [1.29, 1.82) is 0 Å². The van der Waals surface area contributed by atoms with E-state index in [4.69, 9.17) is 4.74 Å². The first-order valence-corrected chi connectivity index (χ1v) is 9.39. The molecule has 0 aromatic heterocycles. The summed E-state index contributed by atoms with van der Waals surface area (Å²) in [6.07, 6.45) is 1.56. The molecule has 0 saturated carbocycles. The van der Waals surface area contributed by atoms with Crippen LogP contribution in [-0.4, -0.2) is 90.8 Å². The molecular formula is C19H28FN3O3. The molecule has 26 heavy (non-hydrogen) atoms. The molecule has 7 heteroatoms. The van der Waals surface area contributed by atoms with E-state index in [9.17, 15) is 14.3 Å². The van der Waals surface area contributed by atoms with Crippen molar-refractivity contribution in [3.8, 4) is 5.75 Å². The van der Waals surface area contributed by atoms with Gasteiger partial charge < -0.3 is 14.7 Å². The SMILES string of the molecule is O=C(CN1CCN(CC(O)COc2ccccc2F)CC1)N1CCCC1. The van der Waals surface area contributed by atoms with Gasteiger partial charge in [-0.25, -0.2) is 4.39 Å². The summed E-state index contributed by atoms with van der Waals surface area (Å²) in [5.74, 6) is -0.0259. The van der Waals surface area contributed by atoms with Crippen molar-refractivity contribution in [3.05, 3.63) is 30.1 Å². The molecule has 2 fully saturated rings. The van der Waals surface area contributed by atoms with Crippen LogP contribution >= 0.6 is 0 Å². The molecule has 0 aliphatic carbocycles. The summed E-state index contributed by atoms with van der Waals surface area (Å²) >= 11 is 0. The number of hydrogen-bond donors (Lipinski definition) is 1. The number of ether oxygens (including phenoxy) is 1. The van der Waals surface area contributed by atoms with Crippen molar-refractivity contribution in [2.75, 3.05) is 59.0 Å². The Morgan fingerprint density at radius 1 is 1.08 bits per heavy atom. The Bertz CT molecular complexity index is 587. The molecule has 6 nitrogen and oxygen atoms in total. The molecule has 0 radical (unpaired) electrons. The fourth-order valence-electron chi connectivity index (χ4n) is 3.49. The van der Waals surface area contributed by atoms with E-state index in [-0.39, 0.29) is 18.3 Å². The van der Waals surface area contributed by atoms with Gasteiger partial charge in [0.15, 0.2) is 11.6 Å². The van der Waals surface area contributed by atoms with Crippen molar-refractivity contribution in [2.45, 2.75) is 18.9 Å². The zero-order valence-corrected chi connectivity index (χ0v) is 15.1. The van der Waals surface area contributed by atoms with E-state index >= 15 is 0 Å². The van der Waals surface area contributed by atoms with Gasteiger partial charge in [0.2, 0.25) is 5.91 Å². The average Bonchev–Trinajstić information content (AvgIpc) is 3.17. The number of carbonyl (C=O) groups is 1. The Morgan fingerprint density at radius 2 is 1.73 bits per heavy atom. The summed E-state index contributed by atoms with van der Waals surface area (Å²) in [6, 6.07) is 6.20. The van der Waals surface area contributed by atoms with Crippen LogP contribution in [0.4, 0.5) is 4.39 Å². The van der Waals surface area contributed by atoms with Crippen LogP contribution < -0.4 is 4.74 Å². The predicted octanol–water partition coefficient (Wildman–Crippen LogP) is 0.805. The maximum atomic E-state index is 13.5. The zero-order chi connectivity index (χ0) is 18.4. The summed E-state index contributed by atoms with van der Waals surface area (Å²) in [5.41, 5.74) is 0. The van der Waals surface area contributed by atoms with Crippen LogP contribution in [0.5, 0.6) is 5.75 Å². The highest BCUT2D eigenvalue weighted by Crippen LogP contribution is 2.15. The molecule has 144 valence electrons. The van der Waals surface area contributed by atoms with Gasteiger partial charge in [0.1, 0.15) is 12.7 Å². The number of carbonyl (C=O) groups excluding carboxylic acids is 1. The number of aliphatic hydroxyl groups excluding tert-OH is 1. The third kappa shape index (κ3) is 5.40. The largest absolute Gasteiger partial charge is 0.488 e. The minimum absolute atomic E-state index is 0.0641. The van der Waals surface area contributed by atoms with Crippen LogP contribution in [0.25, 0.3) is 0 Å². The molecule has 2 saturated heterocycles. The Hall–Kier alpha value is -1.70. The van der Waals surface area contributed by atoms with Gasteiger partial charge in [-0.2, -0.15) is 0 Å². The first kappa shape index (κ1) is 19.1. The number of nitrogens with zero attached hydrogens (tertiary/aromatic N) is 3. The number of amides is 1. The summed E-state index contributed by atoms with van der Waals surface area (Å²) < 4.78 is 18.9. The van der Waals surface area contributed by atoms with Gasteiger partial charge in [0, 0.05) is 45.8 Å². The maximum absolute atomic E-state index is 13.5. The van der Waals surface area contributed by atoms with Crippen molar-refractivity contribution in [2.24, 2.45) is 0 Å². The summed E-state index contributed by atoms with van der Waals surface area (Å²) in [6.45, 7) is 6.10. The monoisotopic (exact) mass is 365 g/mol. The standard InChI is InChI=1S/C19H28FN3O3/c20-17-5-1-2-6-18(17)26-15-16(24)13-21-9-11-22(12-10-21)14-19(25)23-7-3-4-8-23/h1-2,5-6,16,24H,3-4,7-15H2. The van der Waals surface area contributed by atoms with Gasteiger partial charge in [-0.1, -0.05) is 12.1 Å². The van der Waals surface area contributed by atoms with Gasteiger partial charge in [0.05, 0.1) is 6.54 Å². The number of piperazine rings is 1. The molecule has 2 aliphatic heterocycles. The topological polar surface area (TPSA) is 56.3 Å². The first-order valence-electron chi connectivity index (χ1n) is 9.39. The van der Waals surface area contributed by atoms with E-state index in [2.05, 4.69) is 9.80 Å². The predicted molar refractivity (Wildman–Crippen MR) is 96.6 cm³/mol. The number of benzene rings is 1. The number of rotatable bonds is 7. The van der Waals surface area contributed by atoms with Crippen LogP contribution in [0.15, 0.2) is 24.3 Å². The quantitative estimate of drug-likeness (QED) is 0.775. The molecule has 0 bridgehead atoms. The van der Waals surface area contributed by atoms with Crippen LogP contribution in [0.2, 0.25) is 0 Å². The molecule has 2 aliphatic rings. The second-order valence-electron chi connectivity index (χ2n) is 7.06. The van der Waals surface area contributed by atoms with Gasteiger partial charge in [-0.3, -0.25) is 14.6 Å². The van der Waals surface area contributed by atoms with Gasteiger partial charge in [-0.15, -0.1) is 0 Å². The molecule has 1 aromatic rings. The molecule has 1 N–H and O–H groups in total. The number of para-hydroxylation sites is 1. The van der Waals surface area contributed by atoms with Crippen molar-refractivity contribution >= 4 is 5.91 Å². The van der Waals surface area contributed by atoms with E-state index in [1.807, 2.05) is 4.90 Å². The fourth-order valence-corrected chi connectivity index (χ4v) is 3.49. The molecule has 3 rings (SSSR count). The second-order valence-corrected chi connectivity index (χ2v) is 7.06. The lowest BCUT2D eigenvalue weighted by Crippen LogP contribution is -2.51. The molecule has 1 unspecified atom stereocenters. The minimum Gasteiger partial charge on any atom is -0.488 e. The molecule has 2 heterocycles.